The zero-order valence-electron chi connectivity index (χ0n) is 17.5. The van der Waals surface area contributed by atoms with Crippen molar-refractivity contribution in [2.45, 2.75) is 51.7 Å². The van der Waals surface area contributed by atoms with E-state index in [1.807, 2.05) is 12.3 Å². The highest BCUT2D eigenvalue weighted by atomic mass is 32.1. The summed E-state index contributed by atoms with van der Waals surface area (Å²) in [6.07, 6.45) is 4.77. The molecule has 2 aromatic heterocycles. The molecule has 0 radical (unpaired) electrons. The number of nitrogens with zero attached hydrogens (tertiary/aromatic N) is 3. The van der Waals surface area contributed by atoms with E-state index < -0.39 is 5.97 Å². The lowest BCUT2D eigenvalue weighted by Crippen LogP contribution is -2.40. The molecule has 3 heterocycles. The van der Waals surface area contributed by atoms with Gasteiger partial charge in [0.15, 0.2) is 4.96 Å². The fraction of sp³-hybridized carbons (Fsp3) is 0.348. The average Bonchev–Trinajstić information content (AvgIpc) is 3.29. The maximum absolute atomic E-state index is 12.9. The van der Waals surface area contributed by atoms with Crippen LogP contribution in [0.1, 0.15) is 74.6 Å². The summed E-state index contributed by atoms with van der Waals surface area (Å²) >= 11 is 1.34. The summed E-state index contributed by atoms with van der Waals surface area (Å²) in [5, 5.41) is 1.83. The van der Waals surface area contributed by atoms with Crippen molar-refractivity contribution in [3.8, 4) is 0 Å². The van der Waals surface area contributed by atoms with Gasteiger partial charge in [-0.25, -0.2) is 9.78 Å². The van der Waals surface area contributed by atoms with Crippen molar-refractivity contribution in [2.75, 3.05) is 0 Å². The molecule has 1 aliphatic carbocycles. The van der Waals surface area contributed by atoms with Crippen LogP contribution >= 0.6 is 11.3 Å². The van der Waals surface area contributed by atoms with E-state index in [0.29, 0.717) is 16.2 Å². The Morgan fingerprint density at radius 3 is 2.62 bits per heavy atom. The van der Waals surface area contributed by atoms with Crippen LogP contribution in [0.3, 0.4) is 0 Å². The molecule has 1 aromatic carbocycles. The van der Waals surface area contributed by atoms with Gasteiger partial charge < -0.3 is 4.74 Å². The van der Waals surface area contributed by atoms with Gasteiger partial charge in [-0.15, -0.1) is 11.3 Å². The second-order valence-corrected chi connectivity index (χ2v) is 9.03. The first kappa shape index (κ1) is 20.6. The molecule has 2 aliphatic rings. The summed E-state index contributed by atoms with van der Waals surface area (Å²) in [4.78, 5) is 56.8. The Balaban J connectivity index is 1.33. The Kier molecular flexibility index (Phi) is 5.13. The lowest BCUT2D eigenvalue weighted by molar-refractivity contribution is 0.0467. The molecule has 8 nitrogen and oxygen atoms in total. The van der Waals surface area contributed by atoms with E-state index in [4.69, 9.17) is 4.74 Å². The lowest BCUT2D eigenvalue weighted by atomic mass is 9.94. The number of carbonyl (C=O) groups is 3. The van der Waals surface area contributed by atoms with Crippen LogP contribution in [0.2, 0.25) is 0 Å². The Labute approximate surface area is 187 Å². The van der Waals surface area contributed by atoms with E-state index in [0.717, 1.165) is 37.8 Å². The Hall–Kier alpha value is -3.33. The molecule has 164 valence electrons. The number of aromatic nitrogens is 2. The summed E-state index contributed by atoms with van der Waals surface area (Å²) < 4.78 is 6.83. The molecule has 0 N–H and O–H groups in total. The normalized spacial score (nSPS) is 16.6. The topological polar surface area (TPSA) is 98.0 Å². The maximum Gasteiger partial charge on any atom is 0.338 e. The number of carbonyl (C=O) groups excluding carboxylic acids is 3. The number of ether oxygens (including phenoxy) is 1. The van der Waals surface area contributed by atoms with E-state index in [1.54, 1.807) is 0 Å². The van der Waals surface area contributed by atoms with Gasteiger partial charge in [0.25, 0.3) is 17.4 Å². The number of hydrogen-bond acceptors (Lipinski definition) is 7. The first-order chi connectivity index (χ1) is 15.4. The maximum atomic E-state index is 12.9. The van der Waals surface area contributed by atoms with Gasteiger partial charge in [0.2, 0.25) is 0 Å². The van der Waals surface area contributed by atoms with E-state index >= 15 is 0 Å². The van der Waals surface area contributed by atoms with Crippen LogP contribution in [-0.4, -0.2) is 38.1 Å². The van der Waals surface area contributed by atoms with Gasteiger partial charge in [-0.2, -0.15) is 0 Å². The highest BCUT2D eigenvalue weighted by Crippen LogP contribution is 2.31. The molecule has 1 saturated carbocycles. The minimum absolute atomic E-state index is 0.0763. The lowest BCUT2D eigenvalue weighted by Gasteiger charge is -2.29. The van der Waals surface area contributed by atoms with Gasteiger partial charge in [0.1, 0.15) is 6.61 Å². The monoisotopic (exact) mass is 451 g/mol. The first-order valence-corrected chi connectivity index (χ1v) is 11.5. The molecule has 3 aromatic rings. The third kappa shape index (κ3) is 3.42. The number of fused-ring (bicyclic) bond motifs is 2. The smallest absolute Gasteiger partial charge is 0.338 e. The molecule has 2 amide bonds. The van der Waals surface area contributed by atoms with Crippen LogP contribution in [0.5, 0.6) is 0 Å². The van der Waals surface area contributed by atoms with Gasteiger partial charge in [0.05, 0.1) is 22.4 Å². The molecule has 0 unspecified atom stereocenters. The molecule has 1 fully saturated rings. The Morgan fingerprint density at radius 1 is 1.09 bits per heavy atom. The fourth-order valence-electron chi connectivity index (χ4n) is 4.45. The van der Waals surface area contributed by atoms with Crippen molar-refractivity contribution in [1.29, 1.82) is 0 Å². The molecule has 32 heavy (non-hydrogen) atoms. The van der Waals surface area contributed by atoms with Crippen molar-refractivity contribution < 1.29 is 19.1 Å². The number of esters is 1. The number of rotatable bonds is 4. The van der Waals surface area contributed by atoms with Crippen molar-refractivity contribution in [1.82, 2.24) is 14.3 Å². The third-order valence-electron chi connectivity index (χ3n) is 6.07. The van der Waals surface area contributed by atoms with Crippen molar-refractivity contribution in [3.63, 3.8) is 0 Å². The number of thiazole rings is 1. The predicted octanol–water partition coefficient (Wildman–Crippen LogP) is 3.35. The summed E-state index contributed by atoms with van der Waals surface area (Å²) in [5.41, 5.74) is 1.66. The largest absolute Gasteiger partial charge is 0.456 e. The number of aryl methyl sites for hydroxylation is 1. The highest BCUT2D eigenvalue weighted by Gasteiger charge is 2.40. The fourth-order valence-corrected chi connectivity index (χ4v) is 5.35. The zero-order valence-corrected chi connectivity index (χ0v) is 18.3. The van der Waals surface area contributed by atoms with E-state index in [9.17, 15) is 19.2 Å². The van der Waals surface area contributed by atoms with Crippen LogP contribution in [0.15, 0.2) is 34.4 Å². The van der Waals surface area contributed by atoms with Crippen LogP contribution < -0.4 is 5.56 Å². The van der Waals surface area contributed by atoms with Crippen LogP contribution in [0.25, 0.3) is 4.96 Å². The van der Waals surface area contributed by atoms with Crippen molar-refractivity contribution in [2.24, 2.45) is 0 Å². The second kappa shape index (κ2) is 7.98. The molecule has 5 rings (SSSR count). The molecule has 0 spiro atoms. The van der Waals surface area contributed by atoms with Crippen LogP contribution in [0, 0.1) is 6.92 Å². The van der Waals surface area contributed by atoms with Gasteiger partial charge in [0, 0.05) is 23.2 Å². The standard InChI is InChI=1S/C23H21N3O5S/c1-13-12-32-23-24-15(10-19(27)25(13)23)11-31-22(30)14-7-8-17-18(9-14)21(29)26(20(17)28)16-5-3-2-4-6-16/h7-10,12,16H,2-6,11H2,1H3. The number of benzene rings is 1. The molecular formula is C23H21N3O5S. The highest BCUT2D eigenvalue weighted by molar-refractivity contribution is 7.15. The SMILES string of the molecule is Cc1csc2nc(COC(=O)c3ccc4c(c3)C(=O)N(C3CCCCC3)C4=O)cc(=O)n12. The molecule has 0 saturated heterocycles. The van der Waals surface area contributed by atoms with Crippen molar-refractivity contribution in [3.05, 3.63) is 68.1 Å². The number of imide groups is 1. The average molecular weight is 452 g/mol. The summed E-state index contributed by atoms with van der Waals surface area (Å²) in [7, 11) is 0. The summed E-state index contributed by atoms with van der Waals surface area (Å²) in [5.74, 6) is -1.28. The first-order valence-electron chi connectivity index (χ1n) is 10.6. The number of hydrogen-bond donors (Lipinski definition) is 0. The molecular weight excluding hydrogens is 430 g/mol. The van der Waals surface area contributed by atoms with Crippen molar-refractivity contribution >= 4 is 34.1 Å². The van der Waals surface area contributed by atoms with Gasteiger partial charge in [-0.3, -0.25) is 23.7 Å². The minimum atomic E-state index is -0.645. The zero-order chi connectivity index (χ0) is 22.4. The van der Waals surface area contributed by atoms with Crippen LogP contribution in [-0.2, 0) is 11.3 Å². The third-order valence-corrected chi connectivity index (χ3v) is 7.02. The Morgan fingerprint density at radius 2 is 1.84 bits per heavy atom. The van der Waals surface area contributed by atoms with E-state index in [2.05, 4.69) is 4.98 Å². The summed E-state index contributed by atoms with van der Waals surface area (Å²) in [6, 6.07) is 5.69. The Bertz CT molecular complexity index is 1320. The van der Waals surface area contributed by atoms with Gasteiger partial charge >= 0.3 is 5.97 Å². The van der Waals surface area contributed by atoms with Gasteiger partial charge in [-0.05, 0) is 38.0 Å². The molecule has 1 aliphatic heterocycles. The second-order valence-electron chi connectivity index (χ2n) is 8.19. The van der Waals surface area contributed by atoms with Crippen LogP contribution in [0.4, 0.5) is 0 Å². The number of amides is 2. The van der Waals surface area contributed by atoms with E-state index in [1.165, 1.54) is 44.9 Å². The molecule has 0 bridgehead atoms. The van der Waals surface area contributed by atoms with E-state index in [-0.39, 0.29) is 41.1 Å². The molecule has 9 heteroatoms. The predicted molar refractivity (Wildman–Crippen MR) is 117 cm³/mol. The minimum Gasteiger partial charge on any atom is -0.456 e. The van der Waals surface area contributed by atoms with Gasteiger partial charge in [-0.1, -0.05) is 19.3 Å². The summed E-state index contributed by atoms with van der Waals surface area (Å²) in [6.45, 7) is 1.65. The molecule has 0 atom stereocenters. The quantitative estimate of drug-likeness (QED) is 0.446.